The molecule has 3 N–H and O–H groups in total. The fourth-order valence-corrected chi connectivity index (χ4v) is 1.19. The van der Waals surface area contributed by atoms with Crippen molar-refractivity contribution in [3.05, 3.63) is 29.6 Å². The van der Waals surface area contributed by atoms with Gasteiger partial charge in [0.15, 0.2) is 0 Å². The lowest BCUT2D eigenvalue weighted by Gasteiger charge is -2.08. The highest BCUT2D eigenvalue weighted by Crippen LogP contribution is 2.15. The van der Waals surface area contributed by atoms with Crippen LogP contribution in [0.2, 0.25) is 0 Å². The molecule has 0 fully saturated rings. The third-order valence-corrected chi connectivity index (χ3v) is 1.91. The number of nitrogens with two attached hydrogens (primary N) is 1. The third kappa shape index (κ3) is 4.49. The number of hydrogen-bond donors (Lipinski definition) is 2. The zero-order valence-electron chi connectivity index (χ0n) is 9.07. The Morgan fingerprint density at radius 3 is 3.00 bits per heavy atom. The van der Waals surface area contributed by atoms with Crippen molar-refractivity contribution >= 4 is 11.6 Å². The molecule has 0 atom stereocenters. The molecule has 1 aromatic rings. The molecule has 0 heterocycles. The number of benzene rings is 1. The van der Waals surface area contributed by atoms with Gasteiger partial charge in [0.05, 0.1) is 17.9 Å². The Hall–Kier alpha value is -2.13. The van der Waals surface area contributed by atoms with Crippen LogP contribution in [-0.2, 0) is 9.53 Å². The fraction of sp³-hybridized carbons (Fsp3) is 0.273. The number of hydrogen-bond acceptors (Lipinski definition) is 4. The highest BCUT2D eigenvalue weighted by atomic mass is 19.1. The van der Waals surface area contributed by atoms with Crippen molar-refractivity contribution in [3.63, 3.8) is 0 Å². The number of halogens is 1. The summed E-state index contributed by atoms with van der Waals surface area (Å²) < 4.78 is 17.7. The molecule has 0 aliphatic heterocycles. The number of carbonyl (C=O) groups is 1. The summed E-state index contributed by atoms with van der Waals surface area (Å²) in [5, 5.41) is 11.7. The van der Waals surface area contributed by atoms with Crippen molar-refractivity contribution in [2.75, 3.05) is 25.1 Å². The number of nitrogens with zero attached hydrogens (tertiary/aromatic N) is 1. The second-order valence-corrected chi connectivity index (χ2v) is 3.25. The van der Waals surface area contributed by atoms with Gasteiger partial charge < -0.3 is 15.8 Å². The molecular formula is C11H12FN3O2. The fourth-order valence-electron chi connectivity index (χ4n) is 1.19. The largest absolute Gasteiger partial charge is 0.382 e. The molecule has 5 nitrogen and oxygen atoms in total. The quantitative estimate of drug-likeness (QED) is 0.709. The van der Waals surface area contributed by atoms with Crippen molar-refractivity contribution in [1.82, 2.24) is 0 Å². The third-order valence-electron chi connectivity index (χ3n) is 1.91. The average Bonchev–Trinajstić information content (AvgIpc) is 2.29. The van der Waals surface area contributed by atoms with E-state index in [4.69, 9.17) is 15.7 Å². The number of nitrogens with one attached hydrogen (secondary N) is 1. The molecule has 0 aliphatic carbocycles. The molecule has 0 spiro atoms. The Balaban J connectivity index is 2.42. The number of carbonyl (C=O) groups excluding carboxylic acids is 1. The van der Waals surface area contributed by atoms with Crippen molar-refractivity contribution in [2.45, 2.75) is 0 Å². The summed E-state index contributed by atoms with van der Waals surface area (Å²) in [7, 11) is 0. The molecule has 0 saturated heterocycles. The lowest BCUT2D eigenvalue weighted by molar-refractivity contribution is -0.122. The minimum absolute atomic E-state index is 0.143. The van der Waals surface area contributed by atoms with E-state index in [-0.39, 0.29) is 18.8 Å². The summed E-state index contributed by atoms with van der Waals surface area (Å²) in [5.74, 6) is -0.999. The Kier molecular flexibility index (Phi) is 4.91. The van der Waals surface area contributed by atoms with Gasteiger partial charge in [0.2, 0.25) is 5.91 Å². The van der Waals surface area contributed by atoms with E-state index in [1.54, 1.807) is 0 Å². The molecule has 1 amide bonds. The second kappa shape index (κ2) is 6.45. The summed E-state index contributed by atoms with van der Waals surface area (Å²) in [5.41, 5.74) is 5.63. The second-order valence-electron chi connectivity index (χ2n) is 3.25. The average molecular weight is 237 g/mol. The maximum atomic E-state index is 12.8. The van der Waals surface area contributed by atoms with E-state index < -0.39 is 11.7 Å². The van der Waals surface area contributed by atoms with Gasteiger partial charge in [-0.2, -0.15) is 5.26 Å². The van der Waals surface area contributed by atoms with Crippen LogP contribution >= 0.6 is 0 Å². The predicted molar refractivity (Wildman–Crippen MR) is 59.6 cm³/mol. The zero-order chi connectivity index (χ0) is 12.7. The SMILES string of the molecule is N#Cc1cc(F)ccc1NCCOCC(N)=O. The van der Waals surface area contributed by atoms with Gasteiger partial charge in [0, 0.05) is 6.54 Å². The zero-order valence-corrected chi connectivity index (χ0v) is 9.07. The Bertz CT molecular complexity index is 443. The summed E-state index contributed by atoms with van der Waals surface area (Å²) in [6.07, 6.45) is 0. The van der Waals surface area contributed by atoms with E-state index in [9.17, 15) is 9.18 Å². The van der Waals surface area contributed by atoms with Crippen LogP contribution in [-0.4, -0.2) is 25.7 Å². The molecule has 0 saturated carbocycles. The van der Waals surface area contributed by atoms with E-state index >= 15 is 0 Å². The van der Waals surface area contributed by atoms with Gasteiger partial charge in [-0.3, -0.25) is 4.79 Å². The Morgan fingerprint density at radius 1 is 1.59 bits per heavy atom. The maximum Gasteiger partial charge on any atom is 0.243 e. The van der Waals surface area contributed by atoms with Crippen LogP contribution in [0.3, 0.4) is 0 Å². The standard InChI is InChI=1S/C11H12FN3O2/c12-9-1-2-10(8(5-9)6-13)15-3-4-17-7-11(14)16/h1-2,5,15H,3-4,7H2,(H2,14,16). The van der Waals surface area contributed by atoms with Crippen LogP contribution in [0.15, 0.2) is 18.2 Å². The van der Waals surface area contributed by atoms with Crippen molar-refractivity contribution < 1.29 is 13.9 Å². The topological polar surface area (TPSA) is 88.1 Å². The number of amides is 1. The minimum Gasteiger partial charge on any atom is -0.382 e. The van der Waals surface area contributed by atoms with Crippen LogP contribution in [0.1, 0.15) is 5.56 Å². The highest BCUT2D eigenvalue weighted by molar-refractivity contribution is 5.74. The normalized spacial score (nSPS) is 9.65. The smallest absolute Gasteiger partial charge is 0.243 e. The molecule has 0 radical (unpaired) electrons. The lowest BCUT2D eigenvalue weighted by atomic mass is 10.2. The van der Waals surface area contributed by atoms with Crippen molar-refractivity contribution in [1.29, 1.82) is 5.26 Å². The van der Waals surface area contributed by atoms with Crippen molar-refractivity contribution in [2.24, 2.45) is 5.73 Å². The molecular weight excluding hydrogens is 225 g/mol. The van der Waals surface area contributed by atoms with Gasteiger partial charge in [-0.1, -0.05) is 0 Å². The van der Waals surface area contributed by atoms with Gasteiger partial charge in [0.25, 0.3) is 0 Å². The number of primary amides is 1. The lowest BCUT2D eigenvalue weighted by Crippen LogP contribution is -2.20. The molecule has 17 heavy (non-hydrogen) atoms. The molecule has 1 rings (SSSR count). The van der Waals surface area contributed by atoms with Crippen LogP contribution in [0.5, 0.6) is 0 Å². The molecule has 0 aliphatic rings. The summed E-state index contributed by atoms with van der Waals surface area (Å²) in [4.78, 5) is 10.4. The Labute approximate surface area is 98.0 Å². The first-order valence-corrected chi connectivity index (χ1v) is 4.93. The van der Waals surface area contributed by atoms with E-state index in [1.165, 1.54) is 12.1 Å². The first-order chi connectivity index (χ1) is 8.13. The van der Waals surface area contributed by atoms with E-state index in [2.05, 4.69) is 5.32 Å². The predicted octanol–water partition coefficient (Wildman–Crippen LogP) is 0.611. The van der Waals surface area contributed by atoms with Crippen LogP contribution in [0, 0.1) is 17.1 Å². The number of ether oxygens (including phenoxy) is 1. The van der Waals surface area contributed by atoms with Gasteiger partial charge in [-0.15, -0.1) is 0 Å². The molecule has 1 aromatic carbocycles. The molecule has 6 heteroatoms. The Morgan fingerprint density at radius 2 is 2.35 bits per heavy atom. The molecule has 0 unspecified atom stereocenters. The summed E-state index contributed by atoms with van der Waals surface area (Å²) in [6.45, 7) is 0.523. The number of anilines is 1. The first kappa shape index (κ1) is 12.9. The van der Waals surface area contributed by atoms with E-state index in [0.717, 1.165) is 6.07 Å². The number of nitriles is 1. The first-order valence-electron chi connectivity index (χ1n) is 4.93. The van der Waals surface area contributed by atoms with Crippen molar-refractivity contribution in [3.8, 4) is 6.07 Å². The van der Waals surface area contributed by atoms with Gasteiger partial charge in [-0.05, 0) is 18.2 Å². The monoisotopic (exact) mass is 237 g/mol. The molecule has 0 bridgehead atoms. The minimum atomic E-state index is -0.538. The van der Waals surface area contributed by atoms with Crippen LogP contribution in [0.4, 0.5) is 10.1 Å². The highest BCUT2D eigenvalue weighted by Gasteiger charge is 2.02. The maximum absolute atomic E-state index is 12.8. The summed E-state index contributed by atoms with van der Waals surface area (Å²) >= 11 is 0. The molecule has 0 aromatic heterocycles. The van der Waals surface area contributed by atoms with Crippen LogP contribution < -0.4 is 11.1 Å². The van der Waals surface area contributed by atoms with E-state index in [0.29, 0.717) is 12.2 Å². The van der Waals surface area contributed by atoms with Gasteiger partial charge in [0.1, 0.15) is 18.5 Å². The van der Waals surface area contributed by atoms with Gasteiger partial charge in [-0.25, -0.2) is 4.39 Å². The number of rotatable bonds is 6. The van der Waals surface area contributed by atoms with E-state index in [1.807, 2.05) is 6.07 Å². The van der Waals surface area contributed by atoms with Gasteiger partial charge >= 0.3 is 0 Å². The summed E-state index contributed by atoms with van der Waals surface area (Å²) in [6, 6.07) is 5.76. The van der Waals surface area contributed by atoms with Crippen LogP contribution in [0.25, 0.3) is 0 Å². The molecule has 90 valence electrons.